The Morgan fingerprint density at radius 2 is 2.04 bits per heavy atom. The average Bonchev–Trinajstić information content (AvgIpc) is 3.33. The summed E-state index contributed by atoms with van der Waals surface area (Å²) in [5.74, 6) is 1.32. The highest BCUT2D eigenvalue weighted by atomic mass is 16.7. The van der Waals surface area contributed by atoms with Crippen molar-refractivity contribution in [1.29, 1.82) is 0 Å². The number of amides is 1. The summed E-state index contributed by atoms with van der Waals surface area (Å²) < 4.78 is 16.9. The van der Waals surface area contributed by atoms with Crippen LogP contribution in [-0.2, 0) is 4.79 Å². The van der Waals surface area contributed by atoms with Gasteiger partial charge in [0.1, 0.15) is 11.7 Å². The van der Waals surface area contributed by atoms with Crippen LogP contribution in [0, 0.1) is 0 Å². The van der Waals surface area contributed by atoms with E-state index in [9.17, 15) is 9.59 Å². The molecule has 0 saturated heterocycles. The van der Waals surface area contributed by atoms with Gasteiger partial charge in [-0.1, -0.05) is 0 Å². The predicted octanol–water partition coefficient (Wildman–Crippen LogP) is 2.43. The molecule has 1 amide bonds. The molecule has 0 spiro atoms. The number of nitrogens with zero attached hydrogens (tertiary/aromatic N) is 2. The Hall–Kier alpha value is -3.55. The molecule has 2 aromatic heterocycles. The van der Waals surface area contributed by atoms with Gasteiger partial charge in [-0.3, -0.25) is 9.59 Å². The second kappa shape index (κ2) is 6.40. The number of carbonyl (C=O) groups is 1. The highest BCUT2D eigenvalue weighted by Crippen LogP contribution is 2.34. The van der Waals surface area contributed by atoms with E-state index in [1.807, 2.05) is 0 Å². The molecule has 0 fully saturated rings. The van der Waals surface area contributed by atoms with E-state index in [1.165, 1.54) is 12.3 Å². The number of benzene rings is 1. The molecule has 8 heteroatoms. The van der Waals surface area contributed by atoms with E-state index >= 15 is 0 Å². The quantitative estimate of drug-likeness (QED) is 0.774. The second-order valence-corrected chi connectivity index (χ2v) is 5.71. The summed E-state index contributed by atoms with van der Waals surface area (Å²) in [4.78, 5) is 24.7. The zero-order valence-electron chi connectivity index (χ0n) is 13.8. The Morgan fingerprint density at radius 3 is 2.85 bits per heavy atom. The molecule has 1 aromatic carbocycles. The summed E-state index contributed by atoms with van der Waals surface area (Å²) in [6.07, 6.45) is 1.52. The van der Waals surface area contributed by atoms with Gasteiger partial charge in [0.2, 0.25) is 12.7 Å². The number of furan rings is 1. The fourth-order valence-electron chi connectivity index (χ4n) is 2.59. The van der Waals surface area contributed by atoms with E-state index in [4.69, 9.17) is 13.9 Å². The van der Waals surface area contributed by atoms with Crippen molar-refractivity contribution in [2.24, 2.45) is 0 Å². The van der Waals surface area contributed by atoms with Crippen LogP contribution >= 0.6 is 0 Å². The van der Waals surface area contributed by atoms with E-state index in [2.05, 4.69) is 10.4 Å². The molecular formula is C18H15N3O5. The van der Waals surface area contributed by atoms with Crippen LogP contribution in [0.1, 0.15) is 13.0 Å². The van der Waals surface area contributed by atoms with Gasteiger partial charge in [0, 0.05) is 17.8 Å². The average molecular weight is 353 g/mol. The summed E-state index contributed by atoms with van der Waals surface area (Å²) >= 11 is 0. The van der Waals surface area contributed by atoms with Gasteiger partial charge in [0.15, 0.2) is 17.3 Å². The van der Waals surface area contributed by atoms with Crippen LogP contribution in [0.4, 0.5) is 5.69 Å². The first-order chi connectivity index (χ1) is 12.6. The largest absolute Gasteiger partial charge is 0.463 e. The maximum Gasteiger partial charge on any atom is 0.267 e. The SMILES string of the molecule is CC(C(=O)Nc1ccc2c(c1)OCO2)n1nc(-c2ccco2)ccc1=O. The number of anilines is 1. The predicted molar refractivity (Wildman–Crippen MR) is 92.1 cm³/mol. The molecule has 0 bridgehead atoms. The van der Waals surface area contributed by atoms with E-state index in [0.29, 0.717) is 28.6 Å². The molecular weight excluding hydrogens is 338 g/mol. The maximum absolute atomic E-state index is 12.6. The Bertz CT molecular complexity index is 1010. The van der Waals surface area contributed by atoms with Crippen molar-refractivity contribution in [3.63, 3.8) is 0 Å². The van der Waals surface area contributed by atoms with Crippen LogP contribution in [0.25, 0.3) is 11.5 Å². The zero-order chi connectivity index (χ0) is 18.1. The number of nitrogens with one attached hydrogen (secondary N) is 1. The lowest BCUT2D eigenvalue weighted by Crippen LogP contribution is -2.33. The topological polar surface area (TPSA) is 95.6 Å². The number of hydrogen-bond acceptors (Lipinski definition) is 6. The number of aromatic nitrogens is 2. The molecule has 132 valence electrons. The zero-order valence-corrected chi connectivity index (χ0v) is 13.8. The normalized spacial score (nSPS) is 13.4. The smallest absolute Gasteiger partial charge is 0.267 e. The fraction of sp³-hybridized carbons (Fsp3) is 0.167. The molecule has 1 aliphatic heterocycles. The van der Waals surface area contributed by atoms with Gasteiger partial charge in [-0.05, 0) is 37.3 Å². The molecule has 0 radical (unpaired) electrons. The monoisotopic (exact) mass is 353 g/mol. The van der Waals surface area contributed by atoms with E-state index in [0.717, 1.165) is 4.68 Å². The molecule has 1 N–H and O–H groups in total. The van der Waals surface area contributed by atoms with Crippen LogP contribution in [0.5, 0.6) is 11.5 Å². The molecule has 0 saturated carbocycles. The lowest BCUT2D eigenvalue weighted by atomic mass is 10.2. The van der Waals surface area contributed by atoms with Gasteiger partial charge in [-0.15, -0.1) is 0 Å². The van der Waals surface area contributed by atoms with Crippen molar-refractivity contribution < 1.29 is 18.7 Å². The van der Waals surface area contributed by atoms with Crippen molar-refractivity contribution >= 4 is 11.6 Å². The highest BCUT2D eigenvalue weighted by Gasteiger charge is 2.20. The summed E-state index contributed by atoms with van der Waals surface area (Å²) in [5.41, 5.74) is 0.632. The van der Waals surface area contributed by atoms with Gasteiger partial charge in [0.25, 0.3) is 5.56 Å². The Kier molecular flexibility index (Phi) is 3.92. The first kappa shape index (κ1) is 15.9. The van der Waals surface area contributed by atoms with Crippen LogP contribution in [0.3, 0.4) is 0 Å². The van der Waals surface area contributed by atoms with Gasteiger partial charge >= 0.3 is 0 Å². The summed E-state index contributed by atoms with van der Waals surface area (Å²) in [6.45, 7) is 1.75. The van der Waals surface area contributed by atoms with Crippen molar-refractivity contribution in [3.05, 3.63) is 59.1 Å². The fourth-order valence-corrected chi connectivity index (χ4v) is 2.59. The summed E-state index contributed by atoms with van der Waals surface area (Å²) in [7, 11) is 0. The van der Waals surface area contributed by atoms with Gasteiger partial charge in [-0.25, -0.2) is 4.68 Å². The third-order valence-electron chi connectivity index (χ3n) is 3.99. The molecule has 26 heavy (non-hydrogen) atoms. The van der Waals surface area contributed by atoms with Crippen molar-refractivity contribution in [2.75, 3.05) is 12.1 Å². The van der Waals surface area contributed by atoms with E-state index in [1.54, 1.807) is 43.3 Å². The van der Waals surface area contributed by atoms with Crippen LogP contribution in [0.2, 0.25) is 0 Å². The number of carbonyl (C=O) groups excluding carboxylic acids is 1. The summed E-state index contributed by atoms with van der Waals surface area (Å²) in [6, 6.07) is 10.6. The Balaban J connectivity index is 1.57. The van der Waals surface area contributed by atoms with Crippen LogP contribution in [-0.4, -0.2) is 22.5 Å². The molecule has 1 atom stereocenters. The van der Waals surface area contributed by atoms with Crippen molar-refractivity contribution in [2.45, 2.75) is 13.0 Å². The minimum Gasteiger partial charge on any atom is -0.463 e. The molecule has 1 aliphatic rings. The third-order valence-corrected chi connectivity index (χ3v) is 3.99. The number of ether oxygens (including phenoxy) is 2. The minimum absolute atomic E-state index is 0.155. The molecule has 0 aliphatic carbocycles. The lowest BCUT2D eigenvalue weighted by molar-refractivity contribution is -0.119. The molecule has 1 unspecified atom stereocenters. The lowest BCUT2D eigenvalue weighted by Gasteiger charge is -2.14. The second-order valence-electron chi connectivity index (χ2n) is 5.71. The van der Waals surface area contributed by atoms with E-state index in [-0.39, 0.29) is 18.3 Å². The van der Waals surface area contributed by atoms with Crippen LogP contribution < -0.4 is 20.3 Å². The minimum atomic E-state index is -0.817. The first-order valence-corrected chi connectivity index (χ1v) is 7.96. The third kappa shape index (κ3) is 2.92. The molecule has 3 heterocycles. The number of rotatable bonds is 4. The Morgan fingerprint density at radius 1 is 1.19 bits per heavy atom. The molecule has 4 rings (SSSR count). The summed E-state index contributed by atoms with van der Waals surface area (Å²) in [5, 5.41) is 6.99. The molecule has 3 aromatic rings. The van der Waals surface area contributed by atoms with Crippen molar-refractivity contribution in [3.8, 4) is 23.0 Å². The van der Waals surface area contributed by atoms with Crippen molar-refractivity contribution in [1.82, 2.24) is 9.78 Å². The van der Waals surface area contributed by atoms with Crippen LogP contribution in [0.15, 0.2) is 57.9 Å². The maximum atomic E-state index is 12.6. The number of fused-ring (bicyclic) bond motifs is 1. The molecule has 8 nitrogen and oxygen atoms in total. The standard InChI is InChI=1S/C18H15N3O5/c1-11(18(23)19-12-4-6-15-16(9-12)26-10-25-15)21-17(22)7-5-13(20-21)14-3-2-8-24-14/h2-9,11H,10H2,1H3,(H,19,23). The van der Waals surface area contributed by atoms with Gasteiger partial charge in [-0.2, -0.15) is 5.10 Å². The first-order valence-electron chi connectivity index (χ1n) is 7.96. The van der Waals surface area contributed by atoms with Gasteiger partial charge in [0.05, 0.1) is 6.26 Å². The van der Waals surface area contributed by atoms with E-state index < -0.39 is 6.04 Å². The number of hydrogen-bond donors (Lipinski definition) is 1. The Labute approximate surface area is 148 Å². The van der Waals surface area contributed by atoms with Gasteiger partial charge < -0.3 is 19.2 Å². The highest BCUT2D eigenvalue weighted by molar-refractivity contribution is 5.93.